The molecular weight excluding hydrogens is 304 g/mol. The van der Waals surface area contributed by atoms with E-state index in [4.69, 9.17) is 17.4 Å². The number of nitrogens with two attached hydrogens (primary N) is 1. The van der Waals surface area contributed by atoms with Crippen LogP contribution in [-0.4, -0.2) is 12.5 Å². The summed E-state index contributed by atoms with van der Waals surface area (Å²) in [6.07, 6.45) is 0. The number of hydrogen-bond donors (Lipinski definition) is 3. The minimum atomic E-state index is 0.475. The van der Waals surface area contributed by atoms with Crippen molar-refractivity contribution in [3.8, 4) is 0 Å². The first-order valence-corrected chi connectivity index (χ1v) is 6.43. The topological polar surface area (TPSA) is 62.4 Å². The van der Waals surface area contributed by atoms with Crippen molar-refractivity contribution >= 4 is 39.2 Å². The second-order valence-electron chi connectivity index (χ2n) is 3.95. The van der Waals surface area contributed by atoms with E-state index in [1.165, 1.54) is 0 Å². The second kappa shape index (κ2) is 6.83. The fraction of sp³-hybridized carbons (Fsp3) is 0.364. The number of guanidine groups is 1. The molecular formula is C11H16BrClN4. The molecule has 1 rings (SSSR count). The highest BCUT2D eigenvalue weighted by molar-refractivity contribution is 9.10. The van der Waals surface area contributed by atoms with Crippen molar-refractivity contribution in [2.45, 2.75) is 13.8 Å². The summed E-state index contributed by atoms with van der Waals surface area (Å²) < 4.78 is 0.786. The maximum Gasteiger partial charge on any atom is 0.210 e. The molecule has 0 aliphatic rings. The second-order valence-corrected chi connectivity index (χ2v) is 5.15. The van der Waals surface area contributed by atoms with Crippen molar-refractivity contribution < 1.29 is 0 Å². The van der Waals surface area contributed by atoms with Gasteiger partial charge in [0.2, 0.25) is 5.96 Å². The standard InChI is InChI=1S/C11H16BrClN4/c1-7(2)6-15-11(17-14)16-9-5-3-4-8(13)10(9)12/h3-5,7H,6,14H2,1-2H3,(H2,15,16,17). The highest BCUT2D eigenvalue weighted by atomic mass is 79.9. The van der Waals surface area contributed by atoms with E-state index >= 15 is 0 Å². The quantitative estimate of drug-likeness (QED) is 0.347. The first kappa shape index (κ1) is 14.3. The number of nitrogens with one attached hydrogen (secondary N) is 2. The van der Waals surface area contributed by atoms with Gasteiger partial charge in [0.15, 0.2) is 0 Å². The molecule has 0 aliphatic heterocycles. The van der Waals surface area contributed by atoms with Crippen molar-refractivity contribution in [1.82, 2.24) is 5.43 Å². The fourth-order valence-electron chi connectivity index (χ4n) is 1.12. The van der Waals surface area contributed by atoms with Gasteiger partial charge in [0.05, 0.1) is 15.2 Å². The lowest BCUT2D eigenvalue weighted by Gasteiger charge is -2.12. The van der Waals surface area contributed by atoms with Gasteiger partial charge >= 0.3 is 0 Å². The normalized spacial score (nSPS) is 11.8. The van der Waals surface area contributed by atoms with Crippen LogP contribution in [0.3, 0.4) is 0 Å². The van der Waals surface area contributed by atoms with Crippen LogP contribution < -0.4 is 16.6 Å². The van der Waals surface area contributed by atoms with E-state index in [1.54, 1.807) is 6.07 Å². The van der Waals surface area contributed by atoms with Crippen LogP contribution in [0.15, 0.2) is 27.7 Å². The van der Waals surface area contributed by atoms with Crippen LogP contribution >= 0.6 is 27.5 Å². The molecule has 0 heterocycles. The van der Waals surface area contributed by atoms with E-state index in [0.29, 0.717) is 23.4 Å². The van der Waals surface area contributed by atoms with Gasteiger partial charge < -0.3 is 5.32 Å². The van der Waals surface area contributed by atoms with Gasteiger partial charge in [-0.15, -0.1) is 0 Å². The zero-order valence-electron chi connectivity index (χ0n) is 9.80. The van der Waals surface area contributed by atoms with Gasteiger partial charge in [-0.3, -0.25) is 10.4 Å². The van der Waals surface area contributed by atoms with Crippen LogP contribution in [0.2, 0.25) is 5.02 Å². The summed E-state index contributed by atoms with van der Waals surface area (Å²) in [6.45, 7) is 4.88. The maximum absolute atomic E-state index is 5.99. The smallest absolute Gasteiger partial charge is 0.210 e. The summed E-state index contributed by atoms with van der Waals surface area (Å²) >= 11 is 9.39. The number of hydrogen-bond acceptors (Lipinski definition) is 2. The Morgan fingerprint density at radius 1 is 1.53 bits per heavy atom. The number of benzene rings is 1. The predicted octanol–water partition coefficient (Wildman–Crippen LogP) is 2.99. The van der Waals surface area contributed by atoms with Crippen molar-refractivity contribution in [3.05, 3.63) is 27.7 Å². The Bertz CT molecular complexity index is 406. The van der Waals surface area contributed by atoms with Crippen LogP contribution in [-0.2, 0) is 0 Å². The SMILES string of the molecule is CC(C)CN=C(NN)Nc1cccc(Cl)c1Br. The molecule has 0 spiro atoms. The molecule has 0 saturated heterocycles. The largest absolute Gasteiger partial charge is 0.324 e. The number of anilines is 1. The number of rotatable bonds is 3. The van der Waals surface area contributed by atoms with Gasteiger partial charge in [-0.05, 0) is 34.0 Å². The molecule has 0 radical (unpaired) electrons. The summed E-state index contributed by atoms with van der Waals surface area (Å²) in [4.78, 5) is 4.31. The lowest BCUT2D eigenvalue weighted by Crippen LogP contribution is -2.36. The molecule has 0 aliphatic carbocycles. The van der Waals surface area contributed by atoms with Crippen LogP contribution in [0.4, 0.5) is 5.69 Å². The van der Waals surface area contributed by atoms with E-state index in [0.717, 1.165) is 10.2 Å². The predicted molar refractivity (Wildman–Crippen MR) is 77.2 cm³/mol. The zero-order chi connectivity index (χ0) is 12.8. The molecule has 4 N–H and O–H groups in total. The first-order chi connectivity index (χ1) is 8.04. The highest BCUT2D eigenvalue weighted by Gasteiger charge is 2.05. The Morgan fingerprint density at radius 3 is 2.82 bits per heavy atom. The molecule has 0 fully saturated rings. The lowest BCUT2D eigenvalue weighted by atomic mass is 10.2. The molecule has 0 bridgehead atoms. The number of halogens is 2. The lowest BCUT2D eigenvalue weighted by molar-refractivity contribution is 0.663. The molecule has 4 nitrogen and oxygen atoms in total. The third-order valence-corrected chi connectivity index (χ3v) is 3.35. The minimum Gasteiger partial charge on any atom is -0.324 e. The van der Waals surface area contributed by atoms with Crippen molar-refractivity contribution in [2.24, 2.45) is 16.8 Å². The van der Waals surface area contributed by atoms with Crippen molar-refractivity contribution in [1.29, 1.82) is 0 Å². The number of hydrazine groups is 1. The van der Waals surface area contributed by atoms with Crippen LogP contribution in [0.1, 0.15) is 13.8 Å². The molecule has 1 aromatic carbocycles. The molecule has 0 atom stereocenters. The molecule has 1 aromatic rings. The molecule has 0 amide bonds. The van der Waals surface area contributed by atoms with Gasteiger partial charge in [0.25, 0.3) is 0 Å². The molecule has 0 aromatic heterocycles. The van der Waals surface area contributed by atoms with Crippen LogP contribution in [0.25, 0.3) is 0 Å². The zero-order valence-corrected chi connectivity index (χ0v) is 12.1. The van der Waals surface area contributed by atoms with Crippen LogP contribution in [0.5, 0.6) is 0 Å². The minimum absolute atomic E-state index is 0.475. The number of nitrogens with zero attached hydrogens (tertiary/aromatic N) is 1. The van der Waals surface area contributed by atoms with E-state index in [9.17, 15) is 0 Å². The Kier molecular flexibility index (Phi) is 5.74. The maximum atomic E-state index is 5.99. The highest BCUT2D eigenvalue weighted by Crippen LogP contribution is 2.29. The molecule has 0 unspecified atom stereocenters. The van der Waals surface area contributed by atoms with Crippen molar-refractivity contribution in [2.75, 3.05) is 11.9 Å². The van der Waals surface area contributed by atoms with Gasteiger partial charge in [-0.1, -0.05) is 31.5 Å². The molecule has 94 valence electrons. The van der Waals surface area contributed by atoms with Gasteiger partial charge in [-0.2, -0.15) is 0 Å². The molecule has 6 heteroatoms. The fourth-order valence-corrected chi connectivity index (χ4v) is 1.66. The average Bonchev–Trinajstić information content (AvgIpc) is 2.29. The Labute approximate surface area is 115 Å². The van der Waals surface area contributed by atoms with Gasteiger partial charge in [-0.25, -0.2) is 5.84 Å². The molecule has 17 heavy (non-hydrogen) atoms. The Hall–Kier alpha value is -0.780. The summed E-state index contributed by atoms with van der Waals surface area (Å²) in [5.74, 6) is 6.39. The summed E-state index contributed by atoms with van der Waals surface area (Å²) in [6, 6.07) is 5.54. The monoisotopic (exact) mass is 318 g/mol. The summed E-state index contributed by atoms with van der Waals surface area (Å²) in [5, 5.41) is 3.71. The van der Waals surface area contributed by atoms with Gasteiger partial charge in [0.1, 0.15) is 0 Å². The van der Waals surface area contributed by atoms with Crippen molar-refractivity contribution in [3.63, 3.8) is 0 Å². The molecule has 0 saturated carbocycles. The third kappa shape index (κ3) is 4.53. The Morgan fingerprint density at radius 2 is 2.24 bits per heavy atom. The van der Waals surface area contributed by atoms with E-state index in [2.05, 4.69) is 45.5 Å². The third-order valence-electron chi connectivity index (χ3n) is 1.96. The average molecular weight is 320 g/mol. The summed E-state index contributed by atoms with van der Waals surface area (Å²) in [7, 11) is 0. The Balaban J connectivity index is 2.81. The summed E-state index contributed by atoms with van der Waals surface area (Å²) in [5.41, 5.74) is 3.35. The van der Waals surface area contributed by atoms with Crippen LogP contribution in [0, 0.1) is 5.92 Å². The van der Waals surface area contributed by atoms with E-state index in [1.807, 2.05) is 12.1 Å². The van der Waals surface area contributed by atoms with E-state index in [-0.39, 0.29) is 0 Å². The van der Waals surface area contributed by atoms with E-state index < -0.39 is 0 Å². The first-order valence-electron chi connectivity index (χ1n) is 5.26. The van der Waals surface area contributed by atoms with Gasteiger partial charge in [0, 0.05) is 6.54 Å². The number of aliphatic imine (C=N–C) groups is 1.